The minimum absolute atomic E-state index is 0. The Bertz CT molecular complexity index is 1030. The van der Waals surface area contributed by atoms with Gasteiger partial charge in [-0.3, -0.25) is 9.97 Å². The van der Waals surface area contributed by atoms with E-state index in [4.69, 9.17) is 0 Å². The molecule has 3 heteroatoms. The molecule has 3 aromatic carbocycles. The average Bonchev–Trinajstić information content (AvgIpc) is 2.75. The van der Waals surface area contributed by atoms with Gasteiger partial charge in [-0.2, -0.15) is 0 Å². The van der Waals surface area contributed by atoms with E-state index in [1.807, 2.05) is 24.3 Å². The van der Waals surface area contributed by atoms with Crippen LogP contribution in [0.5, 0.6) is 0 Å². The van der Waals surface area contributed by atoms with Crippen LogP contribution >= 0.6 is 0 Å². The number of fused-ring (bicyclic) bond motifs is 3. The number of nitrogens with zero attached hydrogens (tertiary/aromatic N) is 2. The summed E-state index contributed by atoms with van der Waals surface area (Å²) in [6.45, 7) is 0. The van der Waals surface area contributed by atoms with Crippen molar-refractivity contribution in [3.05, 3.63) is 109 Å². The van der Waals surface area contributed by atoms with Gasteiger partial charge in [0.1, 0.15) is 0 Å². The molecule has 2 nitrogen and oxygen atoms in total. The molecule has 0 radical (unpaired) electrons. The summed E-state index contributed by atoms with van der Waals surface area (Å²) in [4.78, 5) is 8.69. The summed E-state index contributed by atoms with van der Waals surface area (Å²) in [5, 5.41) is 2.28. The van der Waals surface area contributed by atoms with Crippen LogP contribution in [0.1, 0.15) is 0 Å². The Morgan fingerprint density at radius 1 is 0.407 bits per heavy atom. The van der Waals surface area contributed by atoms with Gasteiger partial charge >= 0.3 is 0 Å². The second-order valence-electron chi connectivity index (χ2n) is 5.95. The van der Waals surface area contributed by atoms with Crippen molar-refractivity contribution in [3.63, 3.8) is 0 Å². The summed E-state index contributed by atoms with van der Waals surface area (Å²) < 4.78 is 0. The van der Waals surface area contributed by atoms with Crippen molar-refractivity contribution in [3.8, 4) is 11.1 Å². The smallest absolute Gasteiger partial charge is 0.0964 e. The van der Waals surface area contributed by atoms with Crippen molar-refractivity contribution in [2.75, 3.05) is 0 Å². The number of pyridine rings is 2. The third-order valence-corrected chi connectivity index (χ3v) is 4.23. The first kappa shape index (κ1) is 18.9. The van der Waals surface area contributed by atoms with Gasteiger partial charge in [0.15, 0.2) is 0 Å². The van der Waals surface area contributed by atoms with Crippen molar-refractivity contribution in [2.45, 2.75) is 0 Å². The quantitative estimate of drug-likeness (QED) is 0.234. The van der Waals surface area contributed by atoms with E-state index in [-0.39, 0.29) is 19.5 Å². The maximum atomic E-state index is 4.35. The molecule has 5 rings (SSSR count). The molecular formula is C24H18N2Ru. The zero-order chi connectivity index (χ0) is 17.6. The molecule has 0 amide bonds. The van der Waals surface area contributed by atoms with E-state index in [2.05, 4.69) is 82.8 Å². The monoisotopic (exact) mass is 436 g/mol. The fourth-order valence-electron chi connectivity index (χ4n) is 2.94. The van der Waals surface area contributed by atoms with Crippen LogP contribution < -0.4 is 0 Å². The Hall–Kier alpha value is -2.90. The van der Waals surface area contributed by atoms with Crippen LogP contribution in [0.25, 0.3) is 32.9 Å². The first-order valence-electron chi connectivity index (χ1n) is 8.61. The van der Waals surface area contributed by atoms with Gasteiger partial charge in [-0.1, -0.05) is 84.9 Å². The average molecular weight is 435 g/mol. The van der Waals surface area contributed by atoms with Crippen molar-refractivity contribution in [1.29, 1.82) is 0 Å². The molecule has 27 heavy (non-hydrogen) atoms. The molecular weight excluding hydrogens is 417 g/mol. The van der Waals surface area contributed by atoms with Crippen LogP contribution in [0, 0.1) is 0 Å². The van der Waals surface area contributed by atoms with Gasteiger partial charge in [0.25, 0.3) is 0 Å². The van der Waals surface area contributed by atoms with Crippen LogP contribution in [-0.2, 0) is 19.5 Å². The molecule has 132 valence electrons. The number of aromatic nitrogens is 2. The van der Waals surface area contributed by atoms with E-state index < -0.39 is 0 Å². The third-order valence-electron chi connectivity index (χ3n) is 4.23. The van der Waals surface area contributed by atoms with Gasteiger partial charge < -0.3 is 0 Å². The molecule has 0 saturated carbocycles. The Morgan fingerprint density at radius 2 is 0.815 bits per heavy atom. The second-order valence-corrected chi connectivity index (χ2v) is 5.95. The number of hydrogen-bond acceptors (Lipinski definition) is 2. The predicted octanol–water partition coefficient (Wildman–Crippen LogP) is 6.13. The van der Waals surface area contributed by atoms with Crippen molar-refractivity contribution in [1.82, 2.24) is 9.97 Å². The minimum Gasteiger partial charge on any atom is -0.254 e. The van der Waals surface area contributed by atoms with Gasteiger partial charge in [-0.25, -0.2) is 0 Å². The first-order valence-corrected chi connectivity index (χ1v) is 8.61. The summed E-state index contributed by atoms with van der Waals surface area (Å²) in [5.41, 5.74) is 4.51. The summed E-state index contributed by atoms with van der Waals surface area (Å²) in [7, 11) is 0. The number of hydrogen-bond donors (Lipinski definition) is 0. The number of benzene rings is 3. The summed E-state index contributed by atoms with van der Waals surface area (Å²) in [6.07, 6.45) is 3.60. The topological polar surface area (TPSA) is 25.8 Å². The maximum absolute atomic E-state index is 4.35. The summed E-state index contributed by atoms with van der Waals surface area (Å²) in [5.74, 6) is 0. The molecule has 0 fully saturated rings. The van der Waals surface area contributed by atoms with Crippen LogP contribution in [0.2, 0.25) is 0 Å². The molecule has 0 unspecified atom stereocenters. The van der Waals surface area contributed by atoms with Gasteiger partial charge in [0.2, 0.25) is 0 Å². The molecule has 5 aromatic rings. The normalized spacial score (nSPS) is 9.93. The molecule has 0 aliphatic heterocycles. The Morgan fingerprint density at radius 3 is 1.22 bits per heavy atom. The zero-order valence-electron chi connectivity index (χ0n) is 14.6. The molecule has 2 heterocycles. The van der Waals surface area contributed by atoms with E-state index in [0.717, 1.165) is 21.8 Å². The maximum Gasteiger partial charge on any atom is 0.0964 e. The predicted molar refractivity (Wildman–Crippen MR) is 109 cm³/mol. The Kier molecular flexibility index (Phi) is 6.41. The fraction of sp³-hybridized carbons (Fsp3) is 0. The Balaban J connectivity index is 0.000000152. The van der Waals surface area contributed by atoms with Gasteiger partial charge in [-0.05, 0) is 23.3 Å². The fourth-order valence-corrected chi connectivity index (χ4v) is 2.94. The van der Waals surface area contributed by atoms with E-state index in [1.165, 1.54) is 11.1 Å². The van der Waals surface area contributed by atoms with Crippen LogP contribution in [0.15, 0.2) is 109 Å². The summed E-state index contributed by atoms with van der Waals surface area (Å²) in [6, 6.07) is 32.9. The molecule has 0 aliphatic rings. The minimum atomic E-state index is 0. The molecule has 0 saturated heterocycles. The SMILES string of the molecule is [Ru].c1ccc(-c2ccccc2)cc1.c1cnc2c(c1)ccc1cccnc12. The van der Waals surface area contributed by atoms with E-state index in [0.29, 0.717) is 0 Å². The molecule has 0 atom stereocenters. The third kappa shape index (κ3) is 4.45. The largest absolute Gasteiger partial charge is 0.254 e. The first-order chi connectivity index (χ1) is 12.9. The van der Waals surface area contributed by atoms with Crippen LogP contribution in [0.3, 0.4) is 0 Å². The Labute approximate surface area is 171 Å². The van der Waals surface area contributed by atoms with Gasteiger partial charge in [0.05, 0.1) is 11.0 Å². The number of rotatable bonds is 1. The van der Waals surface area contributed by atoms with Crippen LogP contribution in [-0.4, -0.2) is 9.97 Å². The van der Waals surface area contributed by atoms with Crippen molar-refractivity contribution < 1.29 is 19.5 Å². The van der Waals surface area contributed by atoms with E-state index in [9.17, 15) is 0 Å². The van der Waals surface area contributed by atoms with E-state index >= 15 is 0 Å². The summed E-state index contributed by atoms with van der Waals surface area (Å²) >= 11 is 0. The molecule has 0 bridgehead atoms. The van der Waals surface area contributed by atoms with Crippen molar-refractivity contribution >= 4 is 21.8 Å². The zero-order valence-corrected chi connectivity index (χ0v) is 16.4. The standard InChI is InChI=1S/C12H8N2.C12H10.Ru/c1-3-9-5-6-10-4-2-8-14-12(10)11(9)13-7-1;1-3-7-11(8-4-1)12-9-5-2-6-10-12;/h1-8H;1-10H;. The van der Waals surface area contributed by atoms with Gasteiger partial charge in [0, 0.05) is 42.6 Å². The van der Waals surface area contributed by atoms with E-state index in [1.54, 1.807) is 12.4 Å². The molecule has 0 aliphatic carbocycles. The van der Waals surface area contributed by atoms with Crippen molar-refractivity contribution in [2.24, 2.45) is 0 Å². The molecule has 0 spiro atoms. The molecule has 0 N–H and O–H groups in total. The molecule has 2 aromatic heterocycles. The van der Waals surface area contributed by atoms with Crippen LogP contribution in [0.4, 0.5) is 0 Å². The van der Waals surface area contributed by atoms with Gasteiger partial charge in [-0.15, -0.1) is 0 Å². The second kappa shape index (κ2) is 9.16.